The Hall–Kier alpha value is -1.75. The Bertz CT molecular complexity index is 637. The highest BCUT2D eigenvalue weighted by atomic mass is 16.7. The van der Waals surface area contributed by atoms with E-state index >= 15 is 0 Å². The lowest BCUT2D eigenvalue weighted by atomic mass is 9.94. The lowest BCUT2D eigenvalue weighted by Crippen LogP contribution is -2.57. The standard InChI is InChI=1S/C22H40N2O8/c1-14(25)24-17-8-18(31-16(3)27)19(9-29-15(2)26)32-20(17)30-13-22(6,7)12-28-11-21(4,5)10-23/h17-20H,8-13,23H2,1-7H3,(H,24,25)/t17-,18-,19-,20?/m1/s1. The fourth-order valence-electron chi connectivity index (χ4n) is 3.11. The number of hydrogen-bond donors (Lipinski definition) is 2. The maximum Gasteiger partial charge on any atom is 0.302 e. The van der Waals surface area contributed by atoms with Crippen molar-refractivity contribution in [1.29, 1.82) is 0 Å². The lowest BCUT2D eigenvalue weighted by Gasteiger charge is -2.41. The van der Waals surface area contributed by atoms with Crippen molar-refractivity contribution in [3.05, 3.63) is 0 Å². The normalized spacial score (nSPS) is 24.0. The van der Waals surface area contributed by atoms with Crippen LogP contribution in [0.5, 0.6) is 0 Å². The average Bonchev–Trinajstić information content (AvgIpc) is 2.65. The number of hydrogen-bond acceptors (Lipinski definition) is 9. The number of nitrogens with one attached hydrogen (secondary N) is 1. The van der Waals surface area contributed by atoms with Gasteiger partial charge in [0.2, 0.25) is 5.91 Å². The van der Waals surface area contributed by atoms with E-state index in [4.69, 9.17) is 29.4 Å². The van der Waals surface area contributed by atoms with Crippen LogP contribution in [0.4, 0.5) is 0 Å². The predicted molar refractivity (Wildman–Crippen MR) is 116 cm³/mol. The second-order valence-electron chi connectivity index (χ2n) is 9.87. The van der Waals surface area contributed by atoms with Gasteiger partial charge in [-0.1, -0.05) is 27.7 Å². The van der Waals surface area contributed by atoms with Gasteiger partial charge in [0.25, 0.3) is 0 Å². The largest absolute Gasteiger partial charge is 0.463 e. The van der Waals surface area contributed by atoms with Gasteiger partial charge < -0.3 is 34.7 Å². The van der Waals surface area contributed by atoms with Crippen LogP contribution in [0.25, 0.3) is 0 Å². The number of rotatable bonds is 12. The van der Waals surface area contributed by atoms with E-state index in [9.17, 15) is 14.4 Å². The molecule has 1 rings (SSSR count). The van der Waals surface area contributed by atoms with Crippen molar-refractivity contribution in [3.63, 3.8) is 0 Å². The van der Waals surface area contributed by atoms with Crippen LogP contribution in [-0.4, -0.2) is 75.4 Å². The summed E-state index contributed by atoms with van der Waals surface area (Å²) in [5.41, 5.74) is 5.29. The van der Waals surface area contributed by atoms with E-state index < -0.39 is 36.5 Å². The fraction of sp³-hybridized carbons (Fsp3) is 0.864. The number of ether oxygens (including phenoxy) is 5. The van der Waals surface area contributed by atoms with Gasteiger partial charge in [-0.25, -0.2) is 0 Å². The van der Waals surface area contributed by atoms with E-state index in [0.717, 1.165) is 0 Å². The first-order valence-corrected chi connectivity index (χ1v) is 10.9. The van der Waals surface area contributed by atoms with Crippen LogP contribution in [0.15, 0.2) is 0 Å². The highest BCUT2D eigenvalue weighted by Gasteiger charge is 2.42. The Morgan fingerprint density at radius 3 is 2.16 bits per heavy atom. The molecule has 1 amide bonds. The maximum absolute atomic E-state index is 11.7. The zero-order chi connectivity index (χ0) is 24.5. The van der Waals surface area contributed by atoms with Gasteiger partial charge in [0.1, 0.15) is 18.8 Å². The quantitative estimate of drug-likeness (QED) is 0.411. The molecule has 1 fully saturated rings. The summed E-state index contributed by atoms with van der Waals surface area (Å²) in [6, 6.07) is -0.543. The van der Waals surface area contributed by atoms with Crippen LogP contribution < -0.4 is 11.1 Å². The zero-order valence-electron chi connectivity index (χ0n) is 20.4. The summed E-state index contributed by atoms with van der Waals surface area (Å²) in [4.78, 5) is 34.5. The van der Waals surface area contributed by atoms with Crippen LogP contribution >= 0.6 is 0 Å². The molecule has 10 heteroatoms. The molecule has 186 valence electrons. The molecule has 1 saturated heterocycles. The van der Waals surface area contributed by atoms with E-state index in [2.05, 4.69) is 5.32 Å². The van der Waals surface area contributed by atoms with Crippen molar-refractivity contribution in [3.8, 4) is 0 Å². The SMILES string of the molecule is CC(=O)N[C@@H]1C[C@@H](OC(C)=O)[C@@H](COC(C)=O)OC1OCC(C)(C)COCC(C)(C)CN. The molecule has 0 aliphatic carbocycles. The molecule has 0 spiro atoms. The smallest absolute Gasteiger partial charge is 0.302 e. The summed E-state index contributed by atoms with van der Waals surface area (Å²) in [5.74, 6) is -1.24. The molecule has 0 bridgehead atoms. The summed E-state index contributed by atoms with van der Waals surface area (Å²) in [6.07, 6.45) is -1.97. The van der Waals surface area contributed by atoms with Crippen LogP contribution in [0.2, 0.25) is 0 Å². The summed E-state index contributed by atoms with van der Waals surface area (Å²) in [7, 11) is 0. The molecule has 1 aliphatic heterocycles. The van der Waals surface area contributed by atoms with Crippen molar-refractivity contribution in [2.75, 3.05) is 33.0 Å². The van der Waals surface area contributed by atoms with Gasteiger partial charge in [-0.05, 0) is 6.54 Å². The molecule has 32 heavy (non-hydrogen) atoms. The molecule has 0 aromatic rings. The van der Waals surface area contributed by atoms with Gasteiger partial charge in [-0.3, -0.25) is 14.4 Å². The van der Waals surface area contributed by atoms with Crippen LogP contribution in [0, 0.1) is 10.8 Å². The number of carbonyl (C=O) groups is 3. The summed E-state index contributed by atoms with van der Waals surface area (Å²) in [5, 5.41) is 2.79. The van der Waals surface area contributed by atoms with Crippen molar-refractivity contribution in [2.24, 2.45) is 16.6 Å². The minimum absolute atomic E-state index is 0.0966. The number of carbonyl (C=O) groups excluding carboxylic acids is 3. The van der Waals surface area contributed by atoms with E-state index in [0.29, 0.717) is 19.8 Å². The molecule has 10 nitrogen and oxygen atoms in total. The molecular weight excluding hydrogens is 420 g/mol. The number of amides is 1. The van der Waals surface area contributed by atoms with Gasteiger partial charge in [0.15, 0.2) is 6.29 Å². The second kappa shape index (κ2) is 12.5. The van der Waals surface area contributed by atoms with Crippen LogP contribution in [-0.2, 0) is 38.1 Å². The van der Waals surface area contributed by atoms with Gasteiger partial charge >= 0.3 is 11.9 Å². The topological polar surface area (TPSA) is 135 Å². The monoisotopic (exact) mass is 460 g/mol. The molecule has 0 aromatic heterocycles. The molecule has 1 unspecified atom stereocenters. The Morgan fingerprint density at radius 2 is 1.62 bits per heavy atom. The Balaban J connectivity index is 2.82. The van der Waals surface area contributed by atoms with Gasteiger partial charge in [0, 0.05) is 38.0 Å². The minimum atomic E-state index is -0.814. The highest BCUT2D eigenvalue weighted by molar-refractivity contribution is 5.73. The van der Waals surface area contributed by atoms with E-state index in [1.807, 2.05) is 27.7 Å². The van der Waals surface area contributed by atoms with E-state index in [1.54, 1.807) is 0 Å². The predicted octanol–water partition coefficient (Wildman–Crippen LogP) is 1.15. The molecule has 0 radical (unpaired) electrons. The molecule has 1 heterocycles. The number of esters is 2. The van der Waals surface area contributed by atoms with Crippen molar-refractivity contribution >= 4 is 17.8 Å². The maximum atomic E-state index is 11.7. The van der Waals surface area contributed by atoms with E-state index in [-0.39, 0.29) is 36.4 Å². The summed E-state index contributed by atoms with van der Waals surface area (Å²) in [6.45, 7) is 13.7. The summed E-state index contributed by atoms with van der Waals surface area (Å²) < 4.78 is 28.3. The first kappa shape index (κ1) is 28.3. The first-order chi connectivity index (χ1) is 14.7. The van der Waals surface area contributed by atoms with Gasteiger partial charge in [0.05, 0.1) is 25.9 Å². The first-order valence-electron chi connectivity index (χ1n) is 10.9. The highest BCUT2D eigenvalue weighted by Crippen LogP contribution is 2.27. The Kier molecular flexibility index (Phi) is 11.0. The van der Waals surface area contributed by atoms with E-state index in [1.165, 1.54) is 20.8 Å². The molecule has 1 aliphatic rings. The third-order valence-corrected chi connectivity index (χ3v) is 4.87. The fourth-order valence-corrected chi connectivity index (χ4v) is 3.11. The second-order valence-corrected chi connectivity index (χ2v) is 9.87. The van der Waals surface area contributed by atoms with Crippen molar-refractivity contribution in [2.45, 2.75) is 79.4 Å². The third kappa shape index (κ3) is 10.7. The van der Waals surface area contributed by atoms with Crippen LogP contribution in [0.3, 0.4) is 0 Å². The third-order valence-electron chi connectivity index (χ3n) is 4.87. The van der Waals surface area contributed by atoms with Crippen molar-refractivity contribution in [1.82, 2.24) is 5.32 Å². The average molecular weight is 461 g/mol. The minimum Gasteiger partial charge on any atom is -0.463 e. The number of nitrogens with two attached hydrogens (primary N) is 1. The molecule has 4 atom stereocenters. The van der Waals surface area contributed by atoms with Gasteiger partial charge in [-0.15, -0.1) is 0 Å². The molecule has 3 N–H and O–H groups in total. The Labute approximate surface area is 190 Å². The lowest BCUT2D eigenvalue weighted by molar-refractivity contribution is -0.255. The Morgan fingerprint density at radius 1 is 1.00 bits per heavy atom. The molecule has 0 aromatic carbocycles. The zero-order valence-corrected chi connectivity index (χ0v) is 20.4. The van der Waals surface area contributed by atoms with Crippen molar-refractivity contribution < 1.29 is 38.1 Å². The molecule has 0 saturated carbocycles. The van der Waals surface area contributed by atoms with Crippen LogP contribution in [0.1, 0.15) is 54.9 Å². The van der Waals surface area contributed by atoms with Gasteiger partial charge in [-0.2, -0.15) is 0 Å². The summed E-state index contributed by atoms with van der Waals surface area (Å²) >= 11 is 0. The molecular formula is C22H40N2O8.